The third kappa shape index (κ3) is 4.88. The van der Waals surface area contributed by atoms with E-state index >= 15 is 0 Å². The highest BCUT2D eigenvalue weighted by Gasteiger charge is 2.35. The number of hydrogen-bond acceptors (Lipinski definition) is 7. The Labute approximate surface area is 199 Å². The number of nitrogens with zero attached hydrogens (tertiary/aromatic N) is 3. The van der Waals surface area contributed by atoms with E-state index in [2.05, 4.69) is 22.4 Å². The van der Waals surface area contributed by atoms with Gasteiger partial charge in [0.2, 0.25) is 17.6 Å². The Morgan fingerprint density at radius 1 is 1.15 bits per heavy atom. The van der Waals surface area contributed by atoms with Crippen LogP contribution in [0.2, 0.25) is 0 Å². The van der Waals surface area contributed by atoms with Crippen molar-refractivity contribution in [3.05, 3.63) is 17.3 Å². The predicted molar refractivity (Wildman–Crippen MR) is 125 cm³/mol. The van der Waals surface area contributed by atoms with Crippen LogP contribution in [0.25, 0.3) is 11.4 Å². The van der Waals surface area contributed by atoms with Crippen molar-refractivity contribution in [1.82, 2.24) is 19.8 Å². The Kier molecular flexibility index (Phi) is 6.59. The maximum absolute atomic E-state index is 13.3. The normalized spacial score (nSPS) is 27.2. The highest BCUT2D eigenvalue weighted by Crippen LogP contribution is 2.37. The smallest absolute Gasteiger partial charge is 0.252 e. The number of carbonyl (C=O) groups is 1. The fourth-order valence-electron chi connectivity index (χ4n) is 4.97. The van der Waals surface area contributed by atoms with Crippen LogP contribution in [0.5, 0.6) is 0 Å². The van der Waals surface area contributed by atoms with E-state index in [9.17, 15) is 13.2 Å². The fraction of sp³-hybridized carbons (Fsp3) is 0.696. The summed E-state index contributed by atoms with van der Waals surface area (Å²) in [5.74, 6) is 1.84. The summed E-state index contributed by atoms with van der Waals surface area (Å²) >= 11 is 1.17. The van der Waals surface area contributed by atoms with Crippen LogP contribution in [0.4, 0.5) is 0 Å². The number of hydrogen-bond donors (Lipinski definition) is 1. The molecular formula is C23H32N4O4S2. The third-order valence-corrected chi connectivity index (χ3v) is 10.7. The van der Waals surface area contributed by atoms with Crippen molar-refractivity contribution < 1.29 is 17.7 Å². The summed E-state index contributed by atoms with van der Waals surface area (Å²) in [7, 11) is -3.67. The summed E-state index contributed by atoms with van der Waals surface area (Å²) in [4.78, 5) is 17.3. The van der Waals surface area contributed by atoms with Gasteiger partial charge in [0, 0.05) is 36.0 Å². The van der Waals surface area contributed by atoms with Crippen LogP contribution < -0.4 is 5.32 Å². The Bertz CT molecular complexity index is 1080. The van der Waals surface area contributed by atoms with E-state index in [0.29, 0.717) is 36.2 Å². The largest absolute Gasteiger partial charge is 0.353 e. The van der Waals surface area contributed by atoms with E-state index in [1.165, 1.54) is 22.1 Å². The number of carbonyl (C=O) groups excluding carboxylic acids is 1. The van der Waals surface area contributed by atoms with Crippen LogP contribution >= 0.6 is 11.3 Å². The molecule has 0 bridgehead atoms. The van der Waals surface area contributed by atoms with Crippen LogP contribution in [-0.2, 0) is 14.8 Å². The number of nitrogens with one attached hydrogen (secondary N) is 1. The van der Waals surface area contributed by atoms with Crippen molar-refractivity contribution >= 4 is 27.3 Å². The Balaban J connectivity index is 1.24. The number of amides is 1. The minimum absolute atomic E-state index is 0.00311. The third-order valence-electron chi connectivity index (χ3n) is 7.44. The second-order valence-corrected chi connectivity index (χ2v) is 13.0. The van der Waals surface area contributed by atoms with Crippen molar-refractivity contribution in [1.29, 1.82) is 0 Å². The van der Waals surface area contributed by atoms with Crippen LogP contribution in [0.3, 0.4) is 0 Å². The second kappa shape index (κ2) is 9.46. The summed E-state index contributed by atoms with van der Waals surface area (Å²) in [5, 5.41) is 9.00. The summed E-state index contributed by atoms with van der Waals surface area (Å²) < 4.78 is 33.8. The maximum Gasteiger partial charge on any atom is 0.252 e. The number of piperidine rings is 1. The van der Waals surface area contributed by atoms with Gasteiger partial charge in [0.05, 0.1) is 5.92 Å². The molecule has 1 aliphatic heterocycles. The molecule has 3 aliphatic rings. The van der Waals surface area contributed by atoms with Crippen LogP contribution in [0, 0.1) is 11.8 Å². The zero-order chi connectivity index (χ0) is 23.0. The molecule has 5 rings (SSSR count). The molecule has 0 aromatic carbocycles. The number of rotatable bonds is 6. The molecule has 0 unspecified atom stereocenters. The van der Waals surface area contributed by atoms with Gasteiger partial charge >= 0.3 is 0 Å². The fourth-order valence-corrected chi connectivity index (χ4v) is 7.80. The zero-order valence-electron chi connectivity index (χ0n) is 19.0. The molecule has 33 heavy (non-hydrogen) atoms. The first kappa shape index (κ1) is 23.0. The molecule has 3 fully saturated rings. The van der Waals surface area contributed by atoms with Gasteiger partial charge in [-0.2, -0.15) is 9.29 Å². The molecule has 1 saturated heterocycles. The molecule has 1 amide bonds. The van der Waals surface area contributed by atoms with Gasteiger partial charge in [-0.05, 0) is 63.4 Å². The molecule has 0 radical (unpaired) electrons. The summed E-state index contributed by atoms with van der Waals surface area (Å²) in [6, 6.07) is 1.85. The van der Waals surface area contributed by atoms with E-state index in [4.69, 9.17) is 4.52 Å². The Morgan fingerprint density at radius 2 is 1.94 bits per heavy atom. The van der Waals surface area contributed by atoms with Crippen molar-refractivity contribution in [2.75, 3.05) is 13.1 Å². The quantitative estimate of drug-likeness (QED) is 0.649. The first-order chi connectivity index (χ1) is 15.9. The predicted octanol–water partition coefficient (Wildman–Crippen LogP) is 4.16. The lowest BCUT2D eigenvalue weighted by Crippen LogP contribution is -2.48. The van der Waals surface area contributed by atoms with Gasteiger partial charge in [0.25, 0.3) is 10.0 Å². The average Bonchev–Trinajstić information content (AvgIpc) is 3.44. The molecular weight excluding hydrogens is 460 g/mol. The zero-order valence-corrected chi connectivity index (χ0v) is 20.7. The van der Waals surface area contributed by atoms with E-state index in [1.54, 1.807) is 11.4 Å². The second-order valence-electron chi connectivity index (χ2n) is 9.91. The standard InChI is InChI=1S/C23H32N4O4S2/c1-15-7-9-19(10-8-15)24-22(28)17-6-3-11-27(13-17)33(29,30)20-12-18(14-32-20)21-25-23(31-26-21)16-4-2-5-16/h12,14-17,19H,2-11,13H2,1H3,(H,24,28)/t15?,17-,19?/m1/s1. The molecule has 1 atom stereocenters. The first-order valence-electron chi connectivity index (χ1n) is 12.1. The lowest BCUT2D eigenvalue weighted by molar-refractivity contribution is -0.127. The highest BCUT2D eigenvalue weighted by atomic mass is 32.2. The van der Waals surface area contributed by atoms with E-state index in [-0.39, 0.29) is 28.6 Å². The van der Waals surface area contributed by atoms with Gasteiger partial charge < -0.3 is 9.84 Å². The molecule has 2 saturated carbocycles. The molecule has 0 spiro atoms. The summed E-state index contributed by atoms with van der Waals surface area (Å²) in [6.45, 7) is 2.93. The van der Waals surface area contributed by atoms with Crippen molar-refractivity contribution in [3.8, 4) is 11.4 Å². The van der Waals surface area contributed by atoms with Crippen LogP contribution in [0.15, 0.2) is 20.2 Å². The summed E-state index contributed by atoms with van der Waals surface area (Å²) in [5.41, 5.74) is 0.658. The molecule has 180 valence electrons. The van der Waals surface area contributed by atoms with Crippen molar-refractivity contribution in [2.24, 2.45) is 11.8 Å². The molecule has 8 nitrogen and oxygen atoms in total. The molecule has 1 N–H and O–H groups in total. The van der Waals surface area contributed by atoms with Crippen molar-refractivity contribution in [2.45, 2.75) is 80.9 Å². The van der Waals surface area contributed by atoms with Gasteiger partial charge in [0.15, 0.2) is 0 Å². The number of thiophene rings is 1. The van der Waals surface area contributed by atoms with Gasteiger partial charge in [0.1, 0.15) is 4.21 Å². The lowest BCUT2D eigenvalue weighted by atomic mass is 9.85. The topological polar surface area (TPSA) is 105 Å². The number of sulfonamides is 1. The van der Waals surface area contributed by atoms with Gasteiger partial charge in [-0.3, -0.25) is 4.79 Å². The van der Waals surface area contributed by atoms with Crippen molar-refractivity contribution in [3.63, 3.8) is 0 Å². The minimum atomic E-state index is -3.67. The maximum atomic E-state index is 13.3. The summed E-state index contributed by atoms with van der Waals surface area (Å²) in [6.07, 6.45) is 9.02. The Hall–Kier alpha value is -1.78. The Morgan fingerprint density at radius 3 is 2.67 bits per heavy atom. The SMILES string of the molecule is CC1CCC(NC(=O)[C@@H]2CCCN(S(=O)(=O)c3cc(-c4noc(C5CCC5)n4)cs3)C2)CC1. The van der Waals surface area contributed by atoms with E-state index in [0.717, 1.165) is 50.9 Å². The van der Waals surface area contributed by atoms with Gasteiger partial charge in [-0.1, -0.05) is 18.5 Å². The molecule has 3 heterocycles. The highest BCUT2D eigenvalue weighted by molar-refractivity contribution is 7.91. The molecule has 2 aromatic heterocycles. The van der Waals surface area contributed by atoms with Gasteiger partial charge in [-0.15, -0.1) is 11.3 Å². The molecule has 2 aliphatic carbocycles. The molecule has 2 aromatic rings. The first-order valence-corrected chi connectivity index (χ1v) is 14.4. The van der Waals surface area contributed by atoms with E-state index in [1.807, 2.05) is 0 Å². The lowest BCUT2D eigenvalue weighted by Gasteiger charge is -2.33. The van der Waals surface area contributed by atoms with Crippen LogP contribution in [-0.4, -0.2) is 47.9 Å². The van der Waals surface area contributed by atoms with E-state index < -0.39 is 10.0 Å². The van der Waals surface area contributed by atoms with Gasteiger partial charge in [-0.25, -0.2) is 8.42 Å². The number of aromatic nitrogens is 2. The molecule has 10 heteroatoms. The van der Waals surface area contributed by atoms with Crippen LogP contribution in [0.1, 0.15) is 76.5 Å². The monoisotopic (exact) mass is 492 g/mol. The minimum Gasteiger partial charge on any atom is -0.353 e. The average molecular weight is 493 g/mol.